The number of nitrogens with zero attached hydrogens (tertiary/aromatic N) is 1. The van der Waals surface area contributed by atoms with Gasteiger partial charge in [-0.3, -0.25) is 14.5 Å². The molecule has 0 N–H and O–H groups in total. The molecule has 0 saturated carbocycles. The fourth-order valence-corrected chi connectivity index (χ4v) is 4.09. The standard InChI is InChI=1S/C24H17NO6S/c1-3-12-30-19-10-8-15-6-4-5-7-17(15)18(19)13-21-22(26)25(24(28)32-21)14-16-9-11-20(31-16)23(27)29-2/h1,4-11,13H,12,14H2,2H3/b21-13+. The Hall–Kier alpha value is -3.96. The highest BCUT2D eigenvalue weighted by atomic mass is 32.2. The third-order valence-electron chi connectivity index (χ3n) is 4.75. The van der Waals surface area contributed by atoms with E-state index in [9.17, 15) is 14.4 Å². The van der Waals surface area contributed by atoms with E-state index in [0.717, 1.165) is 27.4 Å². The SMILES string of the molecule is C#CCOc1ccc2ccccc2c1/C=C1/SC(=O)N(Cc2ccc(C(=O)OC)o2)C1=O. The first-order valence-corrected chi connectivity index (χ1v) is 10.3. The topological polar surface area (TPSA) is 86.1 Å². The third kappa shape index (κ3) is 4.11. The van der Waals surface area contributed by atoms with Crippen molar-refractivity contribution in [3.8, 4) is 18.1 Å². The van der Waals surface area contributed by atoms with Crippen molar-refractivity contribution in [2.45, 2.75) is 6.54 Å². The molecule has 0 bridgehead atoms. The van der Waals surface area contributed by atoms with Crippen LogP contribution in [0.5, 0.6) is 5.75 Å². The number of hydrogen-bond acceptors (Lipinski definition) is 7. The van der Waals surface area contributed by atoms with Crippen LogP contribution in [0.4, 0.5) is 4.79 Å². The van der Waals surface area contributed by atoms with Gasteiger partial charge in [-0.05, 0) is 46.8 Å². The lowest BCUT2D eigenvalue weighted by Crippen LogP contribution is -2.27. The molecule has 2 aromatic carbocycles. The zero-order chi connectivity index (χ0) is 22.7. The van der Waals surface area contributed by atoms with Gasteiger partial charge in [-0.2, -0.15) is 0 Å². The normalized spacial score (nSPS) is 14.8. The highest BCUT2D eigenvalue weighted by Crippen LogP contribution is 2.37. The van der Waals surface area contributed by atoms with Crippen LogP contribution in [0.3, 0.4) is 0 Å². The molecule has 1 saturated heterocycles. The molecule has 2 heterocycles. The van der Waals surface area contributed by atoms with E-state index in [2.05, 4.69) is 10.7 Å². The van der Waals surface area contributed by atoms with E-state index in [-0.39, 0.29) is 29.6 Å². The van der Waals surface area contributed by atoms with E-state index in [0.29, 0.717) is 11.3 Å². The van der Waals surface area contributed by atoms with Crippen molar-refractivity contribution < 1.29 is 28.3 Å². The molecule has 7 nitrogen and oxygen atoms in total. The van der Waals surface area contributed by atoms with E-state index in [1.165, 1.54) is 19.2 Å². The molecule has 160 valence electrons. The molecule has 32 heavy (non-hydrogen) atoms. The zero-order valence-electron chi connectivity index (χ0n) is 17.0. The minimum Gasteiger partial charge on any atom is -0.480 e. The maximum Gasteiger partial charge on any atom is 0.373 e. The Morgan fingerprint density at radius 3 is 2.78 bits per heavy atom. The van der Waals surface area contributed by atoms with E-state index in [1.807, 2.05) is 30.3 Å². The Morgan fingerprint density at radius 2 is 2.00 bits per heavy atom. The van der Waals surface area contributed by atoms with Gasteiger partial charge in [0.15, 0.2) is 0 Å². The number of furan rings is 1. The Morgan fingerprint density at radius 1 is 1.19 bits per heavy atom. The second-order valence-corrected chi connectivity index (χ2v) is 7.71. The first-order chi connectivity index (χ1) is 15.5. The van der Waals surface area contributed by atoms with Gasteiger partial charge in [0.1, 0.15) is 18.1 Å². The number of methoxy groups -OCH3 is 1. The number of imide groups is 1. The number of terminal acetylenes is 1. The number of benzene rings is 2. The summed E-state index contributed by atoms with van der Waals surface area (Å²) < 4.78 is 15.6. The molecule has 4 rings (SSSR count). The van der Waals surface area contributed by atoms with Crippen LogP contribution < -0.4 is 4.74 Å². The van der Waals surface area contributed by atoms with Crippen LogP contribution in [0, 0.1) is 12.3 Å². The van der Waals surface area contributed by atoms with Crippen LogP contribution >= 0.6 is 11.8 Å². The predicted molar refractivity (Wildman–Crippen MR) is 120 cm³/mol. The highest BCUT2D eigenvalue weighted by Gasteiger charge is 2.36. The lowest BCUT2D eigenvalue weighted by molar-refractivity contribution is -0.123. The van der Waals surface area contributed by atoms with Crippen molar-refractivity contribution >= 4 is 45.7 Å². The van der Waals surface area contributed by atoms with Crippen LogP contribution in [0.15, 0.2) is 57.9 Å². The van der Waals surface area contributed by atoms with E-state index < -0.39 is 17.1 Å². The van der Waals surface area contributed by atoms with Crippen LogP contribution in [-0.2, 0) is 16.1 Å². The summed E-state index contributed by atoms with van der Waals surface area (Å²) >= 11 is 0.824. The fraction of sp³-hybridized carbons (Fsp3) is 0.125. The quantitative estimate of drug-likeness (QED) is 0.313. The number of ether oxygens (including phenoxy) is 2. The molecule has 0 atom stereocenters. The summed E-state index contributed by atoms with van der Waals surface area (Å²) in [5.74, 6) is 2.13. The molecule has 1 aromatic heterocycles. The Kier molecular flexibility index (Phi) is 6.01. The fourth-order valence-electron chi connectivity index (χ4n) is 3.27. The molecular weight excluding hydrogens is 430 g/mol. The van der Waals surface area contributed by atoms with Crippen LogP contribution in [0.2, 0.25) is 0 Å². The highest BCUT2D eigenvalue weighted by molar-refractivity contribution is 8.18. The number of fused-ring (bicyclic) bond motifs is 1. The van der Waals surface area contributed by atoms with Crippen molar-refractivity contribution in [1.29, 1.82) is 0 Å². The second-order valence-electron chi connectivity index (χ2n) is 6.72. The summed E-state index contributed by atoms with van der Waals surface area (Å²) in [4.78, 5) is 38.4. The van der Waals surface area contributed by atoms with Gasteiger partial charge in [-0.25, -0.2) is 4.79 Å². The molecule has 0 aliphatic carbocycles. The number of hydrogen-bond donors (Lipinski definition) is 0. The lowest BCUT2D eigenvalue weighted by atomic mass is 10.0. The second kappa shape index (κ2) is 9.04. The molecule has 1 aliphatic heterocycles. The van der Waals surface area contributed by atoms with Gasteiger partial charge >= 0.3 is 5.97 Å². The van der Waals surface area contributed by atoms with Crippen LogP contribution in [0.1, 0.15) is 21.9 Å². The van der Waals surface area contributed by atoms with Crippen molar-refractivity contribution in [2.24, 2.45) is 0 Å². The van der Waals surface area contributed by atoms with Gasteiger partial charge in [0, 0.05) is 5.56 Å². The maximum atomic E-state index is 13.0. The van der Waals surface area contributed by atoms with Crippen molar-refractivity contribution in [2.75, 3.05) is 13.7 Å². The van der Waals surface area contributed by atoms with Crippen molar-refractivity contribution in [3.63, 3.8) is 0 Å². The molecule has 2 amide bonds. The van der Waals surface area contributed by atoms with Crippen LogP contribution in [-0.4, -0.2) is 35.7 Å². The van der Waals surface area contributed by atoms with Gasteiger partial charge in [0.05, 0.1) is 18.6 Å². The molecule has 0 spiro atoms. The van der Waals surface area contributed by atoms with Crippen LogP contribution in [0.25, 0.3) is 16.8 Å². The monoisotopic (exact) mass is 447 g/mol. The summed E-state index contributed by atoms with van der Waals surface area (Å²) in [6, 6.07) is 14.3. The molecule has 0 unspecified atom stereocenters. The number of thioether (sulfide) groups is 1. The zero-order valence-corrected chi connectivity index (χ0v) is 17.8. The predicted octanol–water partition coefficient (Wildman–Crippen LogP) is 4.47. The summed E-state index contributed by atoms with van der Waals surface area (Å²) in [5, 5.41) is 1.38. The molecular formula is C24H17NO6S. The maximum absolute atomic E-state index is 13.0. The summed E-state index contributed by atoms with van der Waals surface area (Å²) in [5.41, 5.74) is 0.662. The number of carbonyl (C=O) groups is 3. The Bertz CT molecular complexity index is 1300. The largest absolute Gasteiger partial charge is 0.480 e. The minimum atomic E-state index is -0.638. The average molecular weight is 447 g/mol. The van der Waals surface area contributed by atoms with E-state index in [1.54, 1.807) is 12.1 Å². The summed E-state index contributed by atoms with van der Waals surface area (Å²) in [6.45, 7) is -0.0311. The Balaban J connectivity index is 1.66. The van der Waals surface area contributed by atoms with Gasteiger partial charge in [-0.1, -0.05) is 36.3 Å². The lowest BCUT2D eigenvalue weighted by Gasteiger charge is -2.11. The summed E-state index contributed by atoms with van der Waals surface area (Å²) in [7, 11) is 1.24. The number of amides is 2. The minimum absolute atomic E-state index is 0.00364. The average Bonchev–Trinajstić information content (AvgIpc) is 3.38. The first-order valence-electron chi connectivity index (χ1n) is 9.52. The number of esters is 1. The molecule has 8 heteroatoms. The third-order valence-corrected chi connectivity index (χ3v) is 5.66. The number of rotatable bonds is 6. The molecule has 0 radical (unpaired) electrons. The smallest absolute Gasteiger partial charge is 0.373 e. The first kappa shape index (κ1) is 21.3. The van der Waals surface area contributed by atoms with Crippen molar-refractivity contribution in [3.05, 3.63) is 70.5 Å². The van der Waals surface area contributed by atoms with E-state index >= 15 is 0 Å². The van der Waals surface area contributed by atoms with Gasteiger partial charge in [0.25, 0.3) is 11.1 Å². The molecule has 3 aromatic rings. The van der Waals surface area contributed by atoms with E-state index in [4.69, 9.17) is 15.6 Å². The molecule has 1 fully saturated rings. The van der Waals surface area contributed by atoms with Crippen molar-refractivity contribution in [1.82, 2.24) is 4.90 Å². The summed E-state index contributed by atoms with van der Waals surface area (Å²) in [6.07, 6.45) is 6.97. The van der Waals surface area contributed by atoms with Gasteiger partial charge < -0.3 is 13.9 Å². The number of carbonyl (C=O) groups excluding carboxylic acids is 3. The van der Waals surface area contributed by atoms with Gasteiger partial charge in [0.2, 0.25) is 5.76 Å². The Labute approximate surface area is 188 Å². The van der Waals surface area contributed by atoms with Gasteiger partial charge in [-0.15, -0.1) is 6.42 Å². The molecule has 1 aliphatic rings.